The van der Waals surface area contributed by atoms with Crippen LogP contribution < -0.4 is 10.1 Å². The molecule has 3 aromatic carbocycles. The molecule has 4 aromatic rings. The van der Waals surface area contributed by atoms with E-state index in [0.717, 1.165) is 39.5 Å². The number of hydrogen-bond donors (Lipinski definition) is 1. The molecule has 6 heteroatoms. The highest BCUT2D eigenvalue weighted by atomic mass is 16.5. The Kier molecular flexibility index (Phi) is 5.50. The second kappa shape index (κ2) is 8.62. The summed E-state index contributed by atoms with van der Waals surface area (Å²) >= 11 is 0. The molecule has 2 heterocycles. The lowest BCUT2D eigenvalue weighted by molar-refractivity contribution is -0.141. The van der Waals surface area contributed by atoms with E-state index in [1.807, 2.05) is 43.3 Å². The first kappa shape index (κ1) is 21.1. The Labute approximate surface area is 193 Å². The van der Waals surface area contributed by atoms with Gasteiger partial charge in [0.05, 0.1) is 36.9 Å². The number of aryl methyl sites for hydroxylation is 1. The fourth-order valence-corrected chi connectivity index (χ4v) is 4.59. The Morgan fingerprint density at radius 3 is 2.85 bits per heavy atom. The number of ether oxygens (including phenoxy) is 2. The van der Waals surface area contributed by atoms with Crippen LogP contribution in [-0.2, 0) is 16.1 Å². The van der Waals surface area contributed by atoms with Gasteiger partial charge in [-0.05, 0) is 49.2 Å². The van der Waals surface area contributed by atoms with E-state index in [4.69, 9.17) is 14.5 Å². The topological polar surface area (TPSA) is 65.4 Å². The van der Waals surface area contributed by atoms with Crippen LogP contribution >= 0.6 is 0 Å². The van der Waals surface area contributed by atoms with E-state index in [1.54, 1.807) is 0 Å². The van der Waals surface area contributed by atoms with Crippen LogP contribution in [0.5, 0.6) is 5.75 Å². The Hall–Kier alpha value is -3.80. The summed E-state index contributed by atoms with van der Waals surface area (Å²) in [4.78, 5) is 16.4. The van der Waals surface area contributed by atoms with Crippen molar-refractivity contribution in [1.82, 2.24) is 9.55 Å². The van der Waals surface area contributed by atoms with Crippen LogP contribution in [0.4, 0.5) is 5.69 Å². The van der Waals surface area contributed by atoms with Gasteiger partial charge in [-0.15, -0.1) is 0 Å². The van der Waals surface area contributed by atoms with Crippen molar-refractivity contribution >= 4 is 22.7 Å². The largest absolute Gasteiger partial charge is 0.493 e. The van der Waals surface area contributed by atoms with Gasteiger partial charge in [0.25, 0.3) is 0 Å². The number of para-hydroxylation sites is 2. The van der Waals surface area contributed by atoms with E-state index < -0.39 is 0 Å². The van der Waals surface area contributed by atoms with Crippen molar-refractivity contribution in [1.29, 1.82) is 0 Å². The van der Waals surface area contributed by atoms with Gasteiger partial charge in [0.2, 0.25) is 0 Å². The number of esters is 1. The van der Waals surface area contributed by atoms with Gasteiger partial charge in [0.1, 0.15) is 11.6 Å². The molecule has 33 heavy (non-hydrogen) atoms. The van der Waals surface area contributed by atoms with Gasteiger partial charge < -0.3 is 14.8 Å². The summed E-state index contributed by atoms with van der Waals surface area (Å²) in [6.07, 6.45) is 0.338. The Bertz CT molecular complexity index is 1340. The number of imidazole rings is 1. The van der Waals surface area contributed by atoms with Crippen molar-refractivity contribution in [3.63, 3.8) is 0 Å². The average molecular weight is 442 g/mol. The number of carbonyl (C=O) groups excluding carboxylic acids is 1. The quantitative estimate of drug-likeness (QED) is 0.412. The number of nitrogens with one attached hydrogen (secondary N) is 1. The number of anilines is 1. The van der Waals surface area contributed by atoms with Gasteiger partial charge in [0, 0.05) is 29.8 Å². The summed E-state index contributed by atoms with van der Waals surface area (Å²) in [6.45, 7) is 5.40. The Balaban J connectivity index is 1.36. The highest BCUT2D eigenvalue weighted by Gasteiger charge is 2.27. The van der Waals surface area contributed by atoms with Crippen LogP contribution in [0, 0.1) is 13.8 Å². The third kappa shape index (κ3) is 3.93. The highest BCUT2D eigenvalue weighted by molar-refractivity contribution is 5.78. The predicted octanol–water partition coefficient (Wildman–Crippen LogP) is 5.29. The van der Waals surface area contributed by atoms with Gasteiger partial charge >= 0.3 is 5.97 Å². The van der Waals surface area contributed by atoms with Gasteiger partial charge in [-0.2, -0.15) is 0 Å². The molecule has 0 saturated heterocycles. The molecule has 0 spiro atoms. The number of nitrogens with zero attached hydrogens (tertiary/aromatic N) is 2. The third-order valence-corrected chi connectivity index (χ3v) is 6.40. The molecule has 1 N–H and O–H groups in total. The summed E-state index contributed by atoms with van der Waals surface area (Å²) in [5, 5.41) is 3.53. The highest BCUT2D eigenvalue weighted by Crippen LogP contribution is 2.38. The molecule has 0 unspecified atom stereocenters. The first-order valence-corrected chi connectivity index (χ1v) is 11.2. The second-order valence-electron chi connectivity index (χ2n) is 8.44. The lowest BCUT2D eigenvalue weighted by Crippen LogP contribution is -2.09. The van der Waals surface area contributed by atoms with Crippen LogP contribution in [0.15, 0.2) is 60.7 Å². The zero-order valence-electron chi connectivity index (χ0n) is 19.1. The maximum Gasteiger partial charge on any atom is 0.306 e. The molecule has 1 atom stereocenters. The molecule has 1 aliphatic rings. The van der Waals surface area contributed by atoms with Crippen molar-refractivity contribution < 1.29 is 14.3 Å². The van der Waals surface area contributed by atoms with Crippen molar-refractivity contribution in [2.45, 2.75) is 32.7 Å². The zero-order chi connectivity index (χ0) is 22.9. The minimum atomic E-state index is -0.213. The molecule has 168 valence electrons. The maximum absolute atomic E-state index is 11.6. The van der Waals surface area contributed by atoms with E-state index >= 15 is 0 Å². The molecular formula is C27H27N3O3. The molecular weight excluding hydrogens is 414 g/mol. The summed E-state index contributed by atoms with van der Waals surface area (Å²) in [5.74, 6) is 1.64. The maximum atomic E-state index is 11.6. The van der Waals surface area contributed by atoms with Crippen molar-refractivity contribution in [2.24, 2.45) is 0 Å². The van der Waals surface area contributed by atoms with E-state index in [9.17, 15) is 4.79 Å². The van der Waals surface area contributed by atoms with Crippen molar-refractivity contribution in [3.05, 3.63) is 83.2 Å². The Morgan fingerprint density at radius 2 is 2.00 bits per heavy atom. The molecule has 0 radical (unpaired) electrons. The molecule has 1 aromatic heterocycles. The number of fused-ring (bicyclic) bond motifs is 2. The van der Waals surface area contributed by atoms with Gasteiger partial charge in [0.15, 0.2) is 0 Å². The summed E-state index contributed by atoms with van der Waals surface area (Å²) in [5.41, 5.74) is 7.74. The number of hydrogen-bond acceptors (Lipinski definition) is 5. The molecule has 1 aliphatic heterocycles. The van der Waals surface area contributed by atoms with Crippen LogP contribution in [0.25, 0.3) is 16.7 Å². The molecule has 0 bridgehead atoms. The molecule has 5 rings (SSSR count). The smallest absolute Gasteiger partial charge is 0.306 e. The molecule has 0 fully saturated rings. The predicted molar refractivity (Wildman–Crippen MR) is 129 cm³/mol. The van der Waals surface area contributed by atoms with Crippen LogP contribution in [0.3, 0.4) is 0 Å². The SMILES string of the molecule is COC(=O)C[C@@H]1COc2cc(NCc3cccc(-n4c(C)nc5ccccc54)c3C)ccc21. The van der Waals surface area contributed by atoms with Crippen LogP contribution in [0.1, 0.15) is 34.9 Å². The van der Waals surface area contributed by atoms with Crippen LogP contribution in [0.2, 0.25) is 0 Å². The second-order valence-corrected chi connectivity index (χ2v) is 8.44. The molecule has 0 aliphatic carbocycles. The van der Waals surface area contributed by atoms with Crippen molar-refractivity contribution in [2.75, 3.05) is 19.0 Å². The lowest BCUT2D eigenvalue weighted by atomic mass is 9.97. The summed E-state index contributed by atoms with van der Waals surface area (Å²) in [7, 11) is 1.42. The van der Waals surface area contributed by atoms with Crippen molar-refractivity contribution in [3.8, 4) is 11.4 Å². The van der Waals surface area contributed by atoms with E-state index in [-0.39, 0.29) is 11.9 Å². The average Bonchev–Trinajstić information content (AvgIpc) is 3.38. The summed E-state index contributed by atoms with van der Waals surface area (Å²) in [6, 6.07) is 20.7. The summed E-state index contributed by atoms with van der Waals surface area (Å²) < 4.78 is 12.9. The zero-order valence-corrected chi connectivity index (χ0v) is 19.1. The lowest BCUT2D eigenvalue weighted by Gasteiger charge is -2.16. The number of methoxy groups -OCH3 is 1. The van der Waals surface area contributed by atoms with Gasteiger partial charge in [-0.1, -0.05) is 30.3 Å². The number of benzene rings is 3. The minimum absolute atomic E-state index is 0.0497. The standard InChI is InChI=1S/C27H27N3O3/c1-17-19(7-6-10-24(17)30-18(2)29-23-8-4-5-9-25(23)30)15-28-21-11-12-22-20(13-27(31)32-3)16-33-26(22)14-21/h4-12,14,20,28H,13,15-16H2,1-3H3/t20-/m1/s1. The van der Waals surface area contributed by atoms with E-state index in [0.29, 0.717) is 19.6 Å². The van der Waals surface area contributed by atoms with Crippen LogP contribution in [-0.4, -0.2) is 29.2 Å². The first-order valence-electron chi connectivity index (χ1n) is 11.2. The monoisotopic (exact) mass is 441 g/mol. The molecule has 0 amide bonds. The molecule has 0 saturated carbocycles. The Morgan fingerprint density at radius 1 is 1.15 bits per heavy atom. The normalized spacial score (nSPS) is 14.7. The minimum Gasteiger partial charge on any atom is -0.493 e. The number of aromatic nitrogens is 2. The van der Waals surface area contributed by atoms with Gasteiger partial charge in [-0.25, -0.2) is 4.98 Å². The van der Waals surface area contributed by atoms with E-state index in [1.165, 1.54) is 18.2 Å². The fraction of sp³-hybridized carbons (Fsp3) is 0.259. The van der Waals surface area contributed by atoms with E-state index in [2.05, 4.69) is 41.1 Å². The fourth-order valence-electron chi connectivity index (χ4n) is 4.59. The number of carbonyl (C=O) groups is 1. The molecule has 6 nitrogen and oxygen atoms in total. The number of rotatable bonds is 6. The first-order chi connectivity index (χ1) is 16.0. The third-order valence-electron chi connectivity index (χ3n) is 6.40. The van der Waals surface area contributed by atoms with Gasteiger partial charge in [-0.3, -0.25) is 9.36 Å².